The summed E-state index contributed by atoms with van der Waals surface area (Å²) in [6, 6.07) is 3.64. The molecule has 7 nitrogen and oxygen atoms in total. The van der Waals surface area contributed by atoms with E-state index >= 15 is 0 Å². The highest BCUT2D eigenvalue weighted by molar-refractivity contribution is 5.94. The highest BCUT2D eigenvalue weighted by Crippen LogP contribution is 2.31. The first-order valence-electron chi connectivity index (χ1n) is 9.30. The molecule has 0 saturated heterocycles. The van der Waals surface area contributed by atoms with Gasteiger partial charge in [0.15, 0.2) is 17.5 Å². The number of halogens is 3. The summed E-state index contributed by atoms with van der Waals surface area (Å²) in [6.07, 6.45) is 5.93. The Morgan fingerprint density at radius 1 is 1.07 bits per heavy atom. The lowest BCUT2D eigenvalue weighted by atomic mass is 10.2. The van der Waals surface area contributed by atoms with Crippen molar-refractivity contribution in [1.82, 2.24) is 14.7 Å². The van der Waals surface area contributed by atoms with Crippen LogP contribution in [0.15, 0.2) is 24.4 Å². The number of benzene rings is 1. The first-order valence-corrected chi connectivity index (χ1v) is 9.30. The maximum atomic E-state index is 13.6. The number of aromatic nitrogens is 2. The molecule has 1 aromatic heterocycles. The van der Waals surface area contributed by atoms with Crippen LogP contribution in [0, 0.1) is 17.5 Å². The Morgan fingerprint density at radius 2 is 1.72 bits per heavy atom. The zero-order valence-corrected chi connectivity index (χ0v) is 15.9. The average Bonchev–Trinajstić information content (AvgIpc) is 3.33. The number of nitrogens with zero attached hydrogens (tertiary/aromatic N) is 3. The monoisotopic (exact) mass is 409 g/mol. The lowest BCUT2D eigenvalue weighted by Gasteiger charge is -2.18. The number of carbonyl (C=O) groups is 2. The molecule has 10 heteroatoms. The minimum absolute atomic E-state index is 0.0937. The molecule has 29 heavy (non-hydrogen) atoms. The Kier molecular flexibility index (Phi) is 6.53. The van der Waals surface area contributed by atoms with Crippen molar-refractivity contribution >= 4 is 23.3 Å². The van der Waals surface area contributed by atoms with Gasteiger partial charge in [-0.3, -0.25) is 14.5 Å². The summed E-state index contributed by atoms with van der Waals surface area (Å²) >= 11 is 0. The van der Waals surface area contributed by atoms with Gasteiger partial charge in [0.2, 0.25) is 11.8 Å². The third-order valence-corrected chi connectivity index (χ3v) is 4.74. The molecule has 156 valence electrons. The topological polar surface area (TPSA) is 79.3 Å². The largest absolute Gasteiger partial charge is 0.322 e. The van der Waals surface area contributed by atoms with E-state index in [1.165, 1.54) is 11.9 Å². The van der Waals surface area contributed by atoms with Crippen molar-refractivity contribution in [3.63, 3.8) is 0 Å². The summed E-state index contributed by atoms with van der Waals surface area (Å²) in [5, 5.41) is 9.23. The molecule has 2 aromatic rings. The Bertz CT molecular complexity index is 896. The molecular formula is C19H22F3N5O2. The van der Waals surface area contributed by atoms with E-state index in [1.807, 2.05) is 4.68 Å². The number of amides is 2. The third-order valence-electron chi connectivity index (χ3n) is 4.74. The SMILES string of the molecule is CN(CC(=O)Nc1ccc(F)c(F)c1F)CC(=O)Nc1ccnn1C1CCCC1. The first kappa shape index (κ1) is 20.8. The average molecular weight is 409 g/mol. The minimum Gasteiger partial charge on any atom is -0.322 e. The van der Waals surface area contributed by atoms with E-state index in [0.29, 0.717) is 5.82 Å². The van der Waals surface area contributed by atoms with E-state index in [0.717, 1.165) is 37.8 Å². The molecule has 1 saturated carbocycles. The van der Waals surface area contributed by atoms with Crippen LogP contribution in [0.2, 0.25) is 0 Å². The number of hydrogen-bond donors (Lipinski definition) is 2. The smallest absolute Gasteiger partial charge is 0.239 e. The van der Waals surface area contributed by atoms with Crippen molar-refractivity contribution < 1.29 is 22.8 Å². The second-order valence-corrected chi connectivity index (χ2v) is 7.09. The van der Waals surface area contributed by atoms with E-state index < -0.39 is 29.0 Å². The second kappa shape index (κ2) is 9.08. The van der Waals surface area contributed by atoms with Gasteiger partial charge in [-0.05, 0) is 32.0 Å². The number of anilines is 2. The van der Waals surface area contributed by atoms with Crippen molar-refractivity contribution in [2.75, 3.05) is 30.8 Å². The van der Waals surface area contributed by atoms with Crippen LogP contribution in [-0.4, -0.2) is 46.6 Å². The Hall–Kier alpha value is -2.88. The molecule has 0 unspecified atom stereocenters. The van der Waals surface area contributed by atoms with E-state index in [1.54, 1.807) is 12.3 Å². The molecule has 0 atom stereocenters. The molecule has 1 aliphatic carbocycles. The highest BCUT2D eigenvalue weighted by atomic mass is 19.2. The lowest BCUT2D eigenvalue weighted by molar-refractivity contribution is -0.119. The summed E-state index contributed by atoms with van der Waals surface area (Å²) in [5.41, 5.74) is -0.466. The molecule has 1 fully saturated rings. The van der Waals surface area contributed by atoms with Gasteiger partial charge in [-0.15, -0.1) is 0 Å². The summed E-state index contributed by atoms with van der Waals surface area (Å²) in [4.78, 5) is 25.7. The summed E-state index contributed by atoms with van der Waals surface area (Å²) in [5.74, 6) is -4.87. The van der Waals surface area contributed by atoms with Gasteiger partial charge in [-0.25, -0.2) is 17.9 Å². The van der Waals surface area contributed by atoms with E-state index in [9.17, 15) is 22.8 Å². The fourth-order valence-corrected chi connectivity index (χ4v) is 3.39. The first-order chi connectivity index (χ1) is 13.8. The Labute approximate surface area is 165 Å². The number of likely N-dealkylation sites (N-methyl/N-ethyl adjacent to an activating group) is 1. The maximum Gasteiger partial charge on any atom is 0.239 e. The maximum absolute atomic E-state index is 13.6. The Balaban J connectivity index is 1.51. The van der Waals surface area contributed by atoms with Crippen molar-refractivity contribution in [2.45, 2.75) is 31.7 Å². The van der Waals surface area contributed by atoms with Gasteiger partial charge in [-0.1, -0.05) is 12.8 Å². The third kappa shape index (κ3) is 5.14. The molecule has 1 aromatic carbocycles. The van der Waals surface area contributed by atoms with E-state index in [-0.39, 0.29) is 25.0 Å². The minimum atomic E-state index is -1.66. The van der Waals surface area contributed by atoms with Gasteiger partial charge in [0.05, 0.1) is 31.0 Å². The van der Waals surface area contributed by atoms with Crippen LogP contribution in [0.4, 0.5) is 24.7 Å². The zero-order valence-electron chi connectivity index (χ0n) is 15.9. The van der Waals surface area contributed by atoms with E-state index in [2.05, 4.69) is 15.7 Å². The predicted octanol–water partition coefficient (Wildman–Crippen LogP) is 2.92. The predicted molar refractivity (Wildman–Crippen MR) is 101 cm³/mol. The van der Waals surface area contributed by atoms with Crippen molar-refractivity contribution in [3.8, 4) is 0 Å². The van der Waals surface area contributed by atoms with Crippen molar-refractivity contribution in [1.29, 1.82) is 0 Å². The number of carbonyl (C=O) groups excluding carboxylic acids is 2. The highest BCUT2D eigenvalue weighted by Gasteiger charge is 2.21. The van der Waals surface area contributed by atoms with Gasteiger partial charge in [0.25, 0.3) is 0 Å². The van der Waals surface area contributed by atoms with Crippen molar-refractivity contribution in [3.05, 3.63) is 41.8 Å². The van der Waals surface area contributed by atoms with Gasteiger partial charge < -0.3 is 10.6 Å². The normalized spacial score (nSPS) is 14.4. The summed E-state index contributed by atoms with van der Waals surface area (Å²) in [6.45, 7) is -0.336. The van der Waals surface area contributed by atoms with Gasteiger partial charge in [-0.2, -0.15) is 5.10 Å². The Morgan fingerprint density at radius 3 is 2.41 bits per heavy atom. The van der Waals surface area contributed by atoms with Crippen LogP contribution in [-0.2, 0) is 9.59 Å². The fraction of sp³-hybridized carbons (Fsp3) is 0.421. The molecule has 0 aliphatic heterocycles. The van der Waals surface area contributed by atoms with Crippen LogP contribution in [0.25, 0.3) is 0 Å². The molecule has 0 radical (unpaired) electrons. The molecule has 0 spiro atoms. The van der Waals surface area contributed by atoms with Gasteiger partial charge in [0.1, 0.15) is 5.82 Å². The zero-order chi connectivity index (χ0) is 21.0. The molecule has 1 heterocycles. The number of rotatable bonds is 7. The standard InChI is InChI=1S/C19H22F3N5O2/c1-26(10-16(28)24-14-7-6-13(20)18(21)19(14)22)11-17(29)25-15-8-9-23-27(15)12-4-2-3-5-12/h6-9,12H,2-5,10-11H2,1H3,(H,24,28)(H,25,29). The lowest BCUT2D eigenvalue weighted by Crippen LogP contribution is -2.36. The molecule has 3 rings (SSSR count). The molecule has 1 aliphatic rings. The van der Waals surface area contributed by atoms with Crippen LogP contribution in [0.5, 0.6) is 0 Å². The van der Waals surface area contributed by atoms with Crippen LogP contribution in [0.1, 0.15) is 31.7 Å². The van der Waals surface area contributed by atoms with Crippen LogP contribution >= 0.6 is 0 Å². The molecule has 2 amide bonds. The van der Waals surface area contributed by atoms with Crippen LogP contribution in [0.3, 0.4) is 0 Å². The number of nitrogens with one attached hydrogen (secondary N) is 2. The molecular weight excluding hydrogens is 387 g/mol. The van der Waals surface area contributed by atoms with Crippen molar-refractivity contribution in [2.24, 2.45) is 0 Å². The fourth-order valence-electron chi connectivity index (χ4n) is 3.39. The quantitative estimate of drug-likeness (QED) is 0.690. The van der Waals surface area contributed by atoms with E-state index in [4.69, 9.17) is 0 Å². The van der Waals surface area contributed by atoms with Gasteiger partial charge in [0, 0.05) is 6.07 Å². The summed E-state index contributed by atoms with van der Waals surface area (Å²) < 4.78 is 41.6. The molecule has 2 N–H and O–H groups in total. The van der Waals surface area contributed by atoms with Crippen LogP contribution < -0.4 is 10.6 Å². The summed E-state index contributed by atoms with van der Waals surface area (Å²) in [7, 11) is 1.54. The number of hydrogen-bond acceptors (Lipinski definition) is 4. The van der Waals surface area contributed by atoms with Gasteiger partial charge >= 0.3 is 0 Å². The molecule has 0 bridgehead atoms. The second-order valence-electron chi connectivity index (χ2n) is 7.09.